The van der Waals surface area contributed by atoms with Gasteiger partial charge in [-0.15, -0.1) is 0 Å². The molecule has 0 atom stereocenters. The second-order valence-electron chi connectivity index (χ2n) is 4.69. The molecule has 1 aromatic heterocycles. The molecule has 0 aliphatic rings. The van der Waals surface area contributed by atoms with E-state index >= 15 is 0 Å². The van der Waals surface area contributed by atoms with E-state index in [9.17, 15) is 0 Å². The topological polar surface area (TPSA) is 55.9 Å². The molecule has 2 aromatic carbocycles. The maximum atomic E-state index is 5.90. The average molecular weight is 264 g/mol. The van der Waals surface area contributed by atoms with Crippen molar-refractivity contribution in [2.75, 3.05) is 11.2 Å². The van der Waals surface area contributed by atoms with Gasteiger partial charge in [0.2, 0.25) is 0 Å². The van der Waals surface area contributed by atoms with E-state index in [4.69, 9.17) is 5.73 Å². The lowest BCUT2D eigenvalue weighted by Crippen LogP contribution is -2.09. The Balaban J connectivity index is 1.82. The summed E-state index contributed by atoms with van der Waals surface area (Å²) in [5.41, 5.74) is 13.9. The van der Waals surface area contributed by atoms with Gasteiger partial charge in [0.25, 0.3) is 0 Å². The highest BCUT2D eigenvalue weighted by Gasteiger charge is 2.02. The van der Waals surface area contributed by atoms with Crippen LogP contribution in [0.2, 0.25) is 0 Å². The summed E-state index contributed by atoms with van der Waals surface area (Å²) in [5.74, 6) is 0. The molecule has 0 bridgehead atoms. The molecule has 0 fully saturated rings. The summed E-state index contributed by atoms with van der Waals surface area (Å²) in [7, 11) is 0. The van der Waals surface area contributed by atoms with Crippen LogP contribution in [-0.4, -0.2) is 9.89 Å². The van der Waals surface area contributed by atoms with Gasteiger partial charge in [0.05, 0.1) is 11.4 Å². The molecule has 0 amide bonds. The number of nitrogens with two attached hydrogens (primary N) is 1. The zero-order chi connectivity index (χ0) is 13.9. The van der Waals surface area contributed by atoms with Crippen molar-refractivity contribution in [3.8, 4) is 11.3 Å². The number of benzene rings is 2. The van der Waals surface area contributed by atoms with Crippen molar-refractivity contribution in [2.45, 2.75) is 6.92 Å². The Hall–Kier alpha value is -2.75. The molecule has 3 N–H and O–H groups in total. The first kappa shape index (κ1) is 12.3. The Morgan fingerprint density at radius 1 is 1.05 bits per heavy atom. The molecule has 0 radical (unpaired) electrons. The second-order valence-corrected chi connectivity index (χ2v) is 4.69. The third-order valence-corrected chi connectivity index (χ3v) is 3.18. The Bertz CT molecular complexity index is 716. The molecule has 0 saturated carbocycles. The van der Waals surface area contributed by atoms with Crippen molar-refractivity contribution in [1.29, 1.82) is 0 Å². The van der Waals surface area contributed by atoms with Crippen LogP contribution in [0, 0.1) is 6.92 Å². The molecular formula is C16H16N4. The van der Waals surface area contributed by atoms with E-state index in [1.807, 2.05) is 67.7 Å². The molecule has 0 saturated heterocycles. The lowest BCUT2D eigenvalue weighted by atomic mass is 10.2. The molecule has 4 heteroatoms. The van der Waals surface area contributed by atoms with Crippen LogP contribution in [0.25, 0.3) is 11.3 Å². The third-order valence-electron chi connectivity index (χ3n) is 3.18. The van der Waals surface area contributed by atoms with E-state index in [1.54, 1.807) is 4.79 Å². The van der Waals surface area contributed by atoms with E-state index in [0.717, 1.165) is 28.2 Å². The lowest BCUT2D eigenvalue weighted by Gasteiger charge is -2.08. The van der Waals surface area contributed by atoms with Gasteiger partial charge in [0.1, 0.15) is 0 Å². The first-order chi connectivity index (χ1) is 9.72. The number of anilines is 2. The van der Waals surface area contributed by atoms with Gasteiger partial charge in [-0.2, -0.15) is 9.89 Å². The average Bonchev–Trinajstić information content (AvgIpc) is 2.92. The fourth-order valence-corrected chi connectivity index (χ4v) is 1.99. The monoisotopic (exact) mass is 264 g/mol. The van der Waals surface area contributed by atoms with Gasteiger partial charge in [0.15, 0.2) is 0 Å². The van der Waals surface area contributed by atoms with Crippen molar-refractivity contribution < 1.29 is 0 Å². The minimum Gasteiger partial charge on any atom is -0.398 e. The van der Waals surface area contributed by atoms with Crippen LogP contribution in [0.3, 0.4) is 0 Å². The number of nitrogen functional groups attached to an aromatic ring is 1. The maximum absolute atomic E-state index is 5.90. The van der Waals surface area contributed by atoms with Gasteiger partial charge in [-0.05, 0) is 30.7 Å². The van der Waals surface area contributed by atoms with E-state index in [0.29, 0.717) is 0 Å². The molecule has 0 aliphatic heterocycles. The lowest BCUT2D eigenvalue weighted by molar-refractivity contribution is 0.807. The quantitative estimate of drug-likeness (QED) is 0.713. The van der Waals surface area contributed by atoms with Crippen molar-refractivity contribution in [1.82, 2.24) is 9.89 Å². The molecule has 20 heavy (non-hydrogen) atoms. The summed E-state index contributed by atoms with van der Waals surface area (Å²) in [6, 6.07) is 17.9. The van der Waals surface area contributed by atoms with Crippen LogP contribution in [-0.2, 0) is 0 Å². The Labute approximate surface area is 117 Å². The standard InChI is InChI=1S/C16H16N4/c1-12-7-8-14(11-15(12)17)18-20-10-9-16(19-20)13-5-3-2-4-6-13/h2-11,18H,17H2,1H3. The number of hydrogen-bond acceptors (Lipinski definition) is 3. The molecule has 4 nitrogen and oxygen atoms in total. The predicted molar refractivity (Wildman–Crippen MR) is 82.3 cm³/mol. The number of nitrogens with one attached hydrogen (secondary N) is 1. The highest BCUT2D eigenvalue weighted by molar-refractivity contribution is 5.60. The summed E-state index contributed by atoms with van der Waals surface area (Å²) in [6.07, 6.45) is 1.89. The van der Waals surface area contributed by atoms with E-state index in [1.165, 1.54) is 0 Å². The molecule has 0 unspecified atom stereocenters. The smallest absolute Gasteiger partial charge is 0.0944 e. The number of aryl methyl sites for hydroxylation is 1. The summed E-state index contributed by atoms with van der Waals surface area (Å²) in [5, 5.41) is 4.49. The van der Waals surface area contributed by atoms with Gasteiger partial charge in [-0.3, -0.25) is 5.43 Å². The van der Waals surface area contributed by atoms with E-state index < -0.39 is 0 Å². The molecule has 0 spiro atoms. The largest absolute Gasteiger partial charge is 0.398 e. The number of aromatic nitrogens is 2. The van der Waals surface area contributed by atoms with Gasteiger partial charge in [-0.25, -0.2) is 0 Å². The molecule has 1 heterocycles. The van der Waals surface area contributed by atoms with Crippen LogP contribution in [0.4, 0.5) is 11.4 Å². The first-order valence-corrected chi connectivity index (χ1v) is 6.46. The van der Waals surface area contributed by atoms with Crippen LogP contribution >= 0.6 is 0 Å². The zero-order valence-electron chi connectivity index (χ0n) is 11.2. The fraction of sp³-hybridized carbons (Fsp3) is 0.0625. The summed E-state index contributed by atoms with van der Waals surface area (Å²) >= 11 is 0. The Kier molecular flexibility index (Phi) is 3.13. The van der Waals surface area contributed by atoms with Gasteiger partial charge >= 0.3 is 0 Å². The zero-order valence-corrected chi connectivity index (χ0v) is 11.2. The highest BCUT2D eigenvalue weighted by atomic mass is 15.5. The minimum absolute atomic E-state index is 0.769. The highest BCUT2D eigenvalue weighted by Crippen LogP contribution is 2.18. The minimum atomic E-state index is 0.769. The summed E-state index contributed by atoms with van der Waals surface area (Å²) < 4.78 is 0. The van der Waals surface area contributed by atoms with Crippen LogP contribution in [0.1, 0.15) is 5.56 Å². The number of nitrogens with zero attached hydrogens (tertiary/aromatic N) is 2. The Morgan fingerprint density at radius 3 is 2.60 bits per heavy atom. The third kappa shape index (κ3) is 2.49. The van der Waals surface area contributed by atoms with Gasteiger partial charge in [0, 0.05) is 17.4 Å². The summed E-state index contributed by atoms with van der Waals surface area (Å²) in [4.78, 5) is 1.69. The van der Waals surface area contributed by atoms with Crippen LogP contribution < -0.4 is 11.2 Å². The predicted octanol–water partition coefficient (Wildman–Crippen LogP) is 3.32. The van der Waals surface area contributed by atoms with E-state index in [-0.39, 0.29) is 0 Å². The maximum Gasteiger partial charge on any atom is 0.0944 e. The van der Waals surface area contributed by atoms with Crippen LogP contribution in [0.5, 0.6) is 0 Å². The van der Waals surface area contributed by atoms with E-state index in [2.05, 4.69) is 10.5 Å². The van der Waals surface area contributed by atoms with Crippen LogP contribution in [0.15, 0.2) is 60.8 Å². The molecular weight excluding hydrogens is 248 g/mol. The second kappa shape index (κ2) is 5.09. The number of rotatable bonds is 3. The molecule has 0 aliphatic carbocycles. The summed E-state index contributed by atoms with van der Waals surface area (Å²) in [6.45, 7) is 1.99. The molecule has 3 aromatic rings. The van der Waals surface area contributed by atoms with Gasteiger partial charge in [-0.1, -0.05) is 36.4 Å². The van der Waals surface area contributed by atoms with Crippen molar-refractivity contribution in [3.05, 3.63) is 66.4 Å². The Morgan fingerprint density at radius 2 is 1.85 bits per heavy atom. The number of hydrogen-bond donors (Lipinski definition) is 2. The molecule has 3 rings (SSSR count). The van der Waals surface area contributed by atoms with Crippen molar-refractivity contribution in [2.24, 2.45) is 0 Å². The van der Waals surface area contributed by atoms with Gasteiger partial charge < -0.3 is 5.73 Å². The van der Waals surface area contributed by atoms with Crippen molar-refractivity contribution >= 4 is 11.4 Å². The normalized spacial score (nSPS) is 10.4. The first-order valence-electron chi connectivity index (χ1n) is 6.46. The SMILES string of the molecule is Cc1ccc(Nn2ccc(-c3ccccc3)n2)cc1N. The molecule has 100 valence electrons. The fourth-order valence-electron chi connectivity index (χ4n) is 1.99. The van der Waals surface area contributed by atoms with Crippen molar-refractivity contribution in [3.63, 3.8) is 0 Å².